The molecule has 108 valence electrons. The highest BCUT2D eigenvalue weighted by Crippen LogP contribution is 2.47. The molecule has 0 amide bonds. The van der Waals surface area contributed by atoms with Crippen molar-refractivity contribution in [3.05, 3.63) is 0 Å². The Hall–Kier alpha value is -1.13. The van der Waals surface area contributed by atoms with Crippen LogP contribution in [0.3, 0.4) is 0 Å². The van der Waals surface area contributed by atoms with Crippen molar-refractivity contribution in [1.82, 2.24) is 0 Å². The molecule has 0 heterocycles. The minimum Gasteiger partial charge on any atom is -0.481 e. The molecule has 0 radical (unpaired) electrons. The molecule has 0 saturated carbocycles. The number of aliphatic hydroxyl groups excluding tert-OH is 1. The third-order valence-electron chi connectivity index (χ3n) is 2.06. The third kappa shape index (κ3) is 3.21. The van der Waals surface area contributed by atoms with Crippen LogP contribution in [-0.2, 0) is 4.79 Å². The fourth-order valence-corrected chi connectivity index (χ4v) is 1.18. The summed E-state index contributed by atoms with van der Waals surface area (Å²) in [4.78, 5) is 10.2. The second-order valence-corrected chi connectivity index (χ2v) is 3.27. The third-order valence-corrected chi connectivity index (χ3v) is 2.06. The molecule has 0 bridgehead atoms. The minimum absolute atomic E-state index is 2.29. The monoisotopic (exact) mass is 290 g/mol. The molecule has 0 aromatic rings. The molecule has 18 heavy (non-hydrogen) atoms. The molecule has 3 nitrogen and oxygen atoms in total. The number of hydrogen-bond acceptors (Lipinski definition) is 2. The maximum atomic E-state index is 12.7. The topological polar surface area (TPSA) is 57.5 Å². The summed E-state index contributed by atoms with van der Waals surface area (Å²) in [5.74, 6) is -16.8. The summed E-state index contributed by atoms with van der Waals surface area (Å²) in [6, 6.07) is 0. The smallest absolute Gasteiger partial charge is 0.453 e. The number of aliphatic carboxylic acids is 1. The first-order valence-corrected chi connectivity index (χ1v) is 4.11. The van der Waals surface area contributed by atoms with Gasteiger partial charge in [0, 0.05) is 0 Å². The molecule has 0 saturated heterocycles. The van der Waals surface area contributed by atoms with Crippen molar-refractivity contribution in [3.8, 4) is 0 Å². The molecular weight excluding hydrogens is 284 g/mol. The Kier molecular flexibility index (Phi) is 4.56. The zero-order valence-corrected chi connectivity index (χ0v) is 8.19. The Labute approximate surface area is 94.0 Å². The van der Waals surface area contributed by atoms with Crippen molar-refractivity contribution in [2.45, 2.75) is 18.3 Å². The fourth-order valence-electron chi connectivity index (χ4n) is 1.18. The van der Waals surface area contributed by atoms with Gasteiger partial charge in [0.2, 0.25) is 0 Å². The van der Waals surface area contributed by atoms with E-state index in [2.05, 4.69) is 0 Å². The van der Waals surface area contributed by atoms with Crippen molar-refractivity contribution in [2.75, 3.05) is 6.61 Å². The molecule has 2 unspecified atom stereocenters. The van der Waals surface area contributed by atoms with Crippen LogP contribution >= 0.6 is 0 Å². The lowest BCUT2D eigenvalue weighted by atomic mass is 9.86. The van der Waals surface area contributed by atoms with Gasteiger partial charge in [-0.1, -0.05) is 0 Å². The second-order valence-electron chi connectivity index (χ2n) is 3.27. The van der Waals surface area contributed by atoms with E-state index in [0.29, 0.717) is 0 Å². The van der Waals surface area contributed by atoms with Crippen molar-refractivity contribution in [1.29, 1.82) is 0 Å². The van der Waals surface area contributed by atoms with Gasteiger partial charge in [-0.2, -0.15) is 35.1 Å². The van der Waals surface area contributed by atoms with Gasteiger partial charge in [-0.25, -0.2) is 0 Å². The molecular formula is C7H6F8O3. The summed E-state index contributed by atoms with van der Waals surface area (Å²) in [5, 5.41) is 16.4. The molecule has 0 rings (SSSR count). The summed E-state index contributed by atoms with van der Waals surface area (Å²) >= 11 is 0. The molecule has 0 aromatic heterocycles. The first-order valence-electron chi connectivity index (χ1n) is 4.11. The fraction of sp³-hybridized carbons (Fsp3) is 0.857. The number of rotatable bonds is 4. The van der Waals surface area contributed by atoms with E-state index in [4.69, 9.17) is 10.2 Å². The molecule has 0 aliphatic carbocycles. The normalized spacial score (nSPS) is 17.4. The average Bonchev–Trinajstić information content (AvgIpc) is 2.08. The van der Waals surface area contributed by atoms with E-state index >= 15 is 0 Å². The molecule has 0 aliphatic heterocycles. The van der Waals surface area contributed by atoms with Crippen LogP contribution in [0.5, 0.6) is 0 Å². The Morgan fingerprint density at radius 1 is 1.00 bits per heavy atom. The van der Waals surface area contributed by atoms with Gasteiger partial charge in [0.1, 0.15) is 0 Å². The highest BCUT2D eigenvalue weighted by Gasteiger charge is 2.68. The second kappa shape index (κ2) is 4.86. The van der Waals surface area contributed by atoms with Crippen LogP contribution < -0.4 is 0 Å². The number of halogens is 8. The maximum Gasteiger partial charge on any atom is 0.453 e. The van der Waals surface area contributed by atoms with Crippen LogP contribution in [0.2, 0.25) is 0 Å². The SMILES string of the molecule is O=C(O)C(C(CO)C(F)(F)C(F)(F)F)C(F)(F)F. The van der Waals surface area contributed by atoms with Crippen LogP contribution in [0.15, 0.2) is 0 Å². The molecule has 0 aromatic carbocycles. The Morgan fingerprint density at radius 3 is 1.56 bits per heavy atom. The largest absolute Gasteiger partial charge is 0.481 e. The number of aliphatic hydroxyl groups is 1. The predicted octanol–water partition coefficient (Wildman–Crippen LogP) is 2.06. The Bertz CT molecular complexity index is 307. The number of carbonyl (C=O) groups is 1. The van der Waals surface area contributed by atoms with Crippen molar-refractivity contribution >= 4 is 5.97 Å². The zero-order chi connectivity index (χ0) is 14.9. The summed E-state index contributed by atoms with van der Waals surface area (Å²) < 4.78 is 97.4. The van der Waals surface area contributed by atoms with E-state index in [1.807, 2.05) is 0 Å². The first kappa shape index (κ1) is 16.9. The van der Waals surface area contributed by atoms with Gasteiger partial charge in [-0.15, -0.1) is 0 Å². The summed E-state index contributed by atoms with van der Waals surface area (Å²) in [6.45, 7) is -2.29. The van der Waals surface area contributed by atoms with Gasteiger partial charge in [0.25, 0.3) is 0 Å². The van der Waals surface area contributed by atoms with Crippen LogP contribution in [0, 0.1) is 11.8 Å². The number of carboxylic acid groups (broad SMARTS) is 1. The molecule has 11 heteroatoms. The van der Waals surface area contributed by atoms with E-state index in [9.17, 15) is 39.9 Å². The molecule has 2 atom stereocenters. The Balaban J connectivity index is 5.61. The van der Waals surface area contributed by atoms with Gasteiger partial charge in [-0.3, -0.25) is 4.79 Å². The van der Waals surface area contributed by atoms with Gasteiger partial charge in [0.15, 0.2) is 5.92 Å². The first-order chi connectivity index (χ1) is 7.76. The van der Waals surface area contributed by atoms with Crippen molar-refractivity contribution in [2.24, 2.45) is 11.8 Å². The lowest BCUT2D eigenvalue weighted by Gasteiger charge is -2.32. The minimum atomic E-state index is -6.40. The van der Waals surface area contributed by atoms with Gasteiger partial charge in [0.05, 0.1) is 12.5 Å². The highest BCUT2D eigenvalue weighted by atomic mass is 19.4. The van der Waals surface area contributed by atoms with Crippen LogP contribution in [0.4, 0.5) is 35.1 Å². The van der Waals surface area contributed by atoms with Gasteiger partial charge in [-0.05, 0) is 0 Å². The lowest BCUT2D eigenvalue weighted by molar-refractivity contribution is -0.325. The van der Waals surface area contributed by atoms with Gasteiger partial charge < -0.3 is 10.2 Å². The number of alkyl halides is 8. The van der Waals surface area contributed by atoms with E-state index in [-0.39, 0.29) is 0 Å². The quantitative estimate of drug-likeness (QED) is 0.779. The summed E-state index contributed by atoms with van der Waals surface area (Å²) in [7, 11) is 0. The summed E-state index contributed by atoms with van der Waals surface area (Å²) in [5.41, 5.74) is 0. The van der Waals surface area contributed by atoms with Crippen molar-refractivity contribution < 1.29 is 50.1 Å². The molecule has 0 spiro atoms. The standard InChI is InChI=1S/C7H6F8O3/c8-5(9,7(13,14)15)2(1-16)3(4(17)18)6(10,11)12/h2-3,16H,1H2,(H,17,18). The number of hydrogen-bond donors (Lipinski definition) is 2. The van der Waals surface area contributed by atoms with Crippen LogP contribution in [0.25, 0.3) is 0 Å². The zero-order valence-electron chi connectivity index (χ0n) is 8.19. The maximum absolute atomic E-state index is 12.7. The van der Waals surface area contributed by atoms with Crippen molar-refractivity contribution in [3.63, 3.8) is 0 Å². The van der Waals surface area contributed by atoms with E-state index in [0.717, 1.165) is 0 Å². The van der Waals surface area contributed by atoms with E-state index in [1.54, 1.807) is 0 Å². The van der Waals surface area contributed by atoms with Gasteiger partial charge >= 0.3 is 24.2 Å². The highest BCUT2D eigenvalue weighted by molar-refractivity contribution is 5.71. The molecule has 0 aliphatic rings. The van der Waals surface area contributed by atoms with Crippen LogP contribution in [-0.4, -0.2) is 41.1 Å². The molecule has 0 fully saturated rings. The van der Waals surface area contributed by atoms with E-state index < -0.39 is 42.7 Å². The Morgan fingerprint density at radius 2 is 1.39 bits per heavy atom. The van der Waals surface area contributed by atoms with E-state index in [1.165, 1.54) is 0 Å². The summed E-state index contributed by atoms with van der Waals surface area (Å²) in [6.07, 6.45) is -12.3. The predicted molar refractivity (Wildman–Crippen MR) is 38.8 cm³/mol. The average molecular weight is 290 g/mol. The molecule has 2 N–H and O–H groups in total. The van der Waals surface area contributed by atoms with Crippen LogP contribution in [0.1, 0.15) is 0 Å². The lowest BCUT2D eigenvalue weighted by Crippen LogP contribution is -2.53. The number of carboxylic acids is 1.